The zero-order valence-electron chi connectivity index (χ0n) is 15.7. The number of aliphatic hydroxyl groups is 1. The highest BCUT2D eigenvalue weighted by molar-refractivity contribution is 5.91. The van der Waals surface area contributed by atoms with Gasteiger partial charge >= 0.3 is 0 Å². The van der Waals surface area contributed by atoms with Crippen LogP contribution in [0.3, 0.4) is 0 Å². The third-order valence-electron chi connectivity index (χ3n) is 3.80. The third kappa shape index (κ3) is 5.69. The molecule has 0 aliphatic rings. The predicted octanol–water partition coefficient (Wildman–Crippen LogP) is 2.52. The van der Waals surface area contributed by atoms with Crippen LogP contribution in [0.25, 0.3) is 5.69 Å². The number of carbonyl (C=O) groups is 1. The molecule has 0 saturated carbocycles. The van der Waals surface area contributed by atoms with Gasteiger partial charge in [-0.2, -0.15) is 5.10 Å². The summed E-state index contributed by atoms with van der Waals surface area (Å²) in [4.78, 5) is 14.4. The van der Waals surface area contributed by atoms with E-state index >= 15 is 0 Å². The number of nitrogens with one attached hydrogen (secondary N) is 1. The van der Waals surface area contributed by atoms with Crippen LogP contribution in [0.2, 0.25) is 0 Å². The van der Waals surface area contributed by atoms with Crippen LogP contribution in [0, 0.1) is 13.8 Å². The molecule has 2 N–H and O–H groups in total. The van der Waals surface area contributed by atoms with E-state index in [1.807, 2.05) is 56.0 Å². The van der Waals surface area contributed by atoms with Gasteiger partial charge in [0.05, 0.1) is 23.5 Å². The maximum atomic E-state index is 12.4. The van der Waals surface area contributed by atoms with Crippen molar-refractivity contribution in [2.75, 3.05) is 25.0 Å². The summed E-state index contributed by atoms with van der Waals surface area (Å²) in [5, 5.41) is 17.4. The second-order valence-electron chi connectivity index (χ2n) is 7.08. The summed E-state index contributed by atoms with van der Waals surface area (Å²) in [6, 6.07) is 9.83. The first-order valence-electron chi connectivity index (χ1n) is 8.56. The fraction of sp³-hybridized carbons (Fsp3) is 0.474. The lowest BCUT2D eigenvalue weighted by Crippen LogP contribution is -2.42. The van der Waals surface area contributed by atoms with Crippen molar-refractivity contribution in [2.45, 2.75) is 40.2 Å². The lowest BCUT2D eigenvalue weighted by Gasteiger charge is -2.27. The molecule has 0 radical (unpaired) electrons. The molecule has 25 heavy (non-hydrogen) atoms. The molecule has 0 unspecified atom stereocenters. The van der Waals surface area contributed by atoms with Crippen molar-refractivity contribution in [1.82, 2.24) is 14.7 Å². The number of aromatic nitrogens is 2. The molecule has 1 heterocycles. The SMILES string of the molecule is CCN(CC(=O)Nc1cc(C)nn1-c1ccc(C)cc1)CC(C)(C)O. The summed E-state index contributed by atoms with van der Waals surface area (Å²) in [6.45, 7) is 10.7. The molecule has 0 spiro atoms. The Morgan fingerprint density at radius 3 is 2.48 bits per heavy atom. The Bertz CT molecular complexity index is 714. The highest BCUT2D eigenvalue weighted by Gasteiger charge is 2.20. The number of likely N-dealkylation sites (N-methyl/N-ethyl adjacent to an activating group) is 1. The molecule has 0 saturated heterocycles. The minimum Gasteiger partial charge on any atom is -0.389 e. The average Bonchev–Trinajstić information content (AvgIpc) is 2.86. The Kier molecular flexibility index (Phi) is 5.98. The van der Waals surface area contributed by atoms with Gasteiger partial charge in [0.15, 0.2) is 0 Å². The highest BCUT2D eigenvalue weighted by atomic mass is 16.3. The summed E-state index contributed by atoms with van der Waals surface area (Å²) in [6.07, 6.45) is 0. The Hall–Kier alpha value is -2.18. The number of hydrogen-bond acceptors (Lipinski definition) is 4. The van der Waals surface area contributed by atoms with Crippen LogP contribution < -0.4 is 5.32 Å². The standard InChI is InChI=1S/C19H28N4O2/c1-6-22(13-19(4,5)25)12-18(24)20-17-11-15(3)21-23(17)16-9-7-14(2)8-10-16/h7-11,25H,6,12-13H2,1-5H3,(H,20,24). The first kappa shape index (κ1) is 19.1. The van der Waals surface area contributed by atoms with E-state index in [9.17, 15) is 9.90 Å². The van der Waals surface area contributed by atoms with Gasteiger partial charge in [-0.15, -0.1) is 0 Å². The lowest BCUT2D eigenvalue weighted by atomic mass is 10.1. The predicted molar refractivity (Wildman–Crippen MR) is 100 cm³/mol. The molecule has 2 aromatic rings. The van der Waals surface area contributed by atoms with Gasteiger partial charge < -0.3 is 10.4 Å². The number of carbonyl (C=O) groups excluding carboxylic acids is 1. The fourth-order valence-corrected chi connectivity index (χ4v) is 2.68. The molecule has 0 aliphatic heterocycles. The molecule has 0 atom stereocenters. The van der Waals surface area contributed by atoms with Crippen LogP contribution in [0.5, 0.6) is 0 Å². The van der Waals surface area contributed by atoms with E-state index in [1.54, 1.807) is 18.5 Å². The van der Waals surface area contributed by atoms with Gasteiger partial charge in [-0.1, -0.05) is 24.6 Å². The molecule has 136 valence electrons. The van der Waals surface area contributed by atoms with Crippen molar-refractivity contribution in [3.05, 3.63) is 41.6 Å². The minimum absolute atomic E-state index is 0.126. The number of rotatable bonds is 7. The molecule has 6 heteroatoms. The van der Waals surface area contributed by atoms with E-state index in [4.69, 9.17) is 0 Å². The second kappa shape index (κ2) is 7.80. The van der Waals surface area contributed by atoms with Crippen LogP contribution in [-0.2, 0) is 4.79 Å². The van der Waals surface area contributed by atoms with E-state index in [0.29, 0.717) is 18.9 Å². The Morgan fingerprint density at radius 1 is 1.28 bits per heavy atom. The maximum absolute atomic E-state index is 12.4. The molecule has 0 aliphatic carbocycles. The quantitative estimate of drug-likeness (QED) is 0.810. The highest BCUT2D eigenvalue weighted by Crippen LogP contribution is 2.18. The van der Waals surface area contributed by atoms with Crippen molar-refractivity contribution in [3.63, 3.8) is 0 Å². The van der Waals surface area contributed by atoms with Crippen molar-refractivity contribution in [1.29, 1.82) is 0 Å². The van der Waals surface area contributed by atoms with Crippen molar-refractivity contribution >= 4 is 11.7 Å². The largest absolute Gasteiger partial charge is 0.389 e. The molecular weight excluding hydrogens is 316 g/mol. The van der Waals surface area contributed by atoms with Crippen LogP contribution in [0.1, 0.15) is 32.0 Å². The molecule has 1 aromatic heterocycles. The number of aryl methyl sites for hydroxylation is 2. The van der Waals surface area contributed by atoms with Crippen molar-refractivity contribution < 1.29 is 9.90 Å². The average molecular weight is 344 g/mol. The van der Waals surface area contributed by atoms with E-state index in [-0.39, 0.29) is 12.5 Å². The van der Waals surface area contributed by atoms with Crippen molar-refractivity contribution in [2.24, 2.45) is 0 Å². The summed E-state index contributed by atoms with van der Waals surface area (Å²) in [5.41, 5.74) is 2.07. The van der Waals surface area contributed by atoms with E-state index in [0.717, 1.165) is 11.4 Å². The summed E-state index contributed by atoms with van der Waals surface area (Å²) in [5.74, 6) is 0.519. The van der Waals surface area contributed by atoms with Gasteiger partial charge in [0.2, 0.25) is 5.91 Å². The first-order valence-corrected chi connectivity index (χ1v) is 8.56. The Morgan fingerprint density at radius 2 is 1.92 bits per heavy atom. The molecule has 0 bridgehead atoms. The smallest absolute Gasteiger partial charge is 0.239 e. The van der Waals surface area contributed by atoms with Crippen LogP contribution in [0.15, 0.2) is 30.3 Å². The first-order chi connectivity index (χ1) is 11.7. The zero-order chi connectivity index (χ0) is 18.6. The minimum atomic E-state index is -0.837. The van der Waals surface area contributed by atoms with E-state index in [1.165, 1.54) is 5.56 Å². The Balaban J connectivity index is 2.12. The monoisotopic (exact) mass is 344 g/mol. The summed E-state index contributed by atoms with van der Waals surface area (Å²) >= 11 is 0. The number of nitrogens with zero attached hydrogens (tertiary/aromatic N) is 3. The van der Waals surface area contributed by atoms with Crippen molar-refractivity contribution in [3.8, 4) is 5.69 Å². The van der Waals surface area contributed by atoms with Gasteiger partial charge in [0.25, 0.3) is 0 Å². The maximum Gasteiger partial charge on any atom is 0.239 e. The lowest BCUT2D eigenvalue weighted by molar-refractivity contribution is -0.117. The molecule has 2 rings (SSSR count). The third-order valence-corrected chi connectivity index (χ3v) is 3.80. The number of amides is 1. The number of anilines is 1. The van der Waals surface area contributed by atoms with Gasteiger partial charge in [-0.25, -0.2) is 4.68 Å². The number of hydrogen-bond donors (Lipinski definition) is 2. The van der Waals surface area contributed by atoms with Crippen LogP contribution >= 0.6 is 0 Å². The number of benzene rings is 1. The van der Waals surface area contributed by atoms with E-state index in [2.05, 4.69) is 10.4 Å². The van der Waals surface area contributed by atoms with E-state index < -0.39 is 5.60 Å². The van der Waals surface area contributed by atoms with Crippen LogP contribution in [0.4, 0.5) is 5.82 Å². The molecule has 6 nitrogen and oxygen atoms in total. The molecule has 0 fully saturated rings. The summed E-state index contributed by atoms with van der Waals surface area (Å²) in [7, 11) is 0. The van der Waals surface area contributed by atoms with Crippen LogP contribution in [-0.4, -0.2) is 50.9 Å². The molecular formula is C19H28N4O2. The molecule has 1 amide bonds. The van der Waals surface area contributed by atoms with Gasteiger partial charge in [-0.05, 0) is 46.4 Å². The fourth-order valence-electron chi connectivity index (χ4n) is 2.68. The van der Waals surface area contributed by atoms with Gasteiger partial charge in [0.1, 0.15) is 5.82 Å². The van der Waals surface area contributed by atoms with Gasteiger partial charge in [-0.3, -0.25) is 9.69 Å². The normalized spacial score (nSPS) is 11.8. The Labute approximate surface area is 149 Å². The second-order valence-corrected chi connectivity index (χ2v) is 7.08. The molecule has 1 aromatic carbocycles. The topological polar surface area (TPSA) is 70.4 Å². The summed E-state index contributed by atoms with van der Waals surface area (Å²) < 4.78 is 1.74. The van der Waals surface area contributed by atoms with Gasteiger partial charge in [0, 0.05) is 12.6 Å². The zero-order valence-corrected chi connectivity index (χ0v) is 15.7.